The van der Waals surface area contributed by atoms with Gasteiger partial charge in [0.1, 0.15) is 5.75 Å². The predicted octanol–water partition coefficient (Wildman–Crippen LogP) is 2.02. The molecule has 0 aliphatic rings. The van der Waals surface area contributed by atoms with Crippen LogP contribution in [0.4, 0.5) is 0 Å². The molecule has 0 fully saturated rings. The molecule has 0 saturated carbocycles. The number of carbonyl (C=O) groups is 1. The van der Waals surface area contributed by atoms with Gasteiger partial charge in [-0.2, -0.15) is 0 Å². The highest BCUT2D eigenvalue weighted by atomic mass is 127. The van der Waals surface area contributed by atoms with E-state index in [0.717, 1.165) is 43.9 Å². The molecule has 0 saturated heterocycles. The number of nitrogens with one attached hydrogen (secondary N) is 2. The second-order valence-corrected chi connectivity index (χ2v) is 6.15. The van der Waals surface area contributed by atoms with E-state index in [4.69, 9.17) is 10.5 Å². The van der Waals surface area contributed by atoms with E-state index in [9.17, 15) is 9.90 Å². The number of halogens is 1. The van der Waals surface area contributed by atoms with E-state index in [1.807, 2.05) is 25.1 Å². The summed E-state index contributed by atoms with van der Waals surface area (Å²) in [6, 6.07) is 7.45. The first kappa shape index (κ1) is 25.4. The van der Waals surface area contributed by atoms with Gasteiger partial charge in [0.15, 0.2) is 12.6 Å². The molecule has 7 nitrogen and oxygen atoms in total. The van der Waals surface area contributed by atoms with Crippen LogP contribution < -0.4 is 21.1 Å². The van der Waals surface area contributed by atoms with E-state index < -0.39 is 5.91 Å². The number of benzene rings is 1. The Morgan fingerprint density at radius 2 is 2.07 bits per heavy atom. The maximum absolute atomic E-state index is 10.8. The van der Waals surface area contributed by atoms with Crippen molar-refractivity contribution in [3.05, 3.63) is 29.8 Å². The van der Waals surface area contributed by atoms with E-state index in [-0.39, 0.29) is 37.2 Å². The number of hydrogen-bond donors (Lipinski definition) is 4. The number of aliphatic imine (C=N–C) groups is 1. The SMILES string of the molecule is CCCC(CCO)CNC(=NCc1cccc(OCC(N)=O)c1)NCC.I. The lowest BCUT2D eigenvalue weighted by atomic mass is 10.0. The summed E-state index contributed by atoms with van der Waals surface area (Å²) in [6.45, 7) is 6.28. The number of carbonyl (C=O) groups excluding carboxylic acids is 1. The van der Waals surface area contributed by atoms with Crippen LogP contribution in [0.1, 0.15) is 38.7 Å². The molecule has 1 amide bonds. The van der Waals surface area contributed by atoms with Crippen molar-refractivity contribution in [2.75, 3.05) is 26.3 Å². The number of primary amides is 1. The molecule has 1 rings (SSSR count). The van der Waals surface area contributed by atoms with Crippen LogP contribution in [0.3, 0.4) is 0 Å². The number of guanidine groups is 1. The molecule has 0 aromatic heterocycles. The zero-order valence-corrected chi connectivity index (χ0v) is 18.6. The van der Waals surface area contributed by atoms with E-state index in [1.54, 1.807) is 6.07 Å². The Labute approximate surface area is 179 Å². The molecule has 8 heteroatoms. The summed E-state index contributed by atoms with van der Waals surface area (Å²) >= 11 is 0. The van der Waals surface area contributed by atoms with Gasteiger partial charge in [0.25, 0.3) is 5.91 Å². The summed E-state index contributed by atoms with van der Waals surface area (Å²) in [5, 5.41) is 15.8. The van der Waals surface area contributed by atoms with Crippen molar-refractivity contribution in [3.63, 3.8) is 0 Å². The Hall–Kier alpha value is -1.55. The average Bonchev–Trinajstić information content (AvgIpc) is 2.63. The number of rotatable bonds is 12. The molecule has 0 aliphatic carbocycles. The number of aliphatic hydroxyl groups is 1. The lowest BCUT2D eigenvalue weighted by Crippen LogP contribution is -2.40. The molecule has 27 heavy (non-hydrogen) atoms. The van der Waals surface area contributed by atoms with Crippen LogP contribution in [-0.4, -0.2) is 43.3 Å². The van der Waals surface area contributed by atoms with Crippen LogP contribution in [0.25, 0.3) is 0 Å². The largest absolute Gasteiger partial charge is 0.484 e. The van der Waals surface area contributed by atoms with Crippen LogP contribution >= 0.6 is 24.0 Å². The second kappa shape index (κ2) is 15.5. The third-order valence-corrected chi connectivity index (χ3v) is 3.84. The van der Waals surface area contributed by atoms with Crippen molar-refractivity contribution in [2.45, 2.75) is 39.7 Å². The number of amides is 1. The Morgan fingerprint density at radius 3 is 2.70 bits per heavy atom. The van der Waals surface area contributed by atoms with Gasteiger partial charge in [-0.1, -0.05) is 25.5 Å². The highest BCUT2D eigenvalue weighted by molar-refractivity contribution is 14.0. The molecule has 1 aromatic carbocycles. The van der Waals surface area contributed by atoms with Gasteiger partial charge >= 0.3 is 0 Å². The molecule has 1 atom stereocenters. The van der Waals surface area contributed by atoms with Gasteiger partial charge in [-0.05, 0) is 43.4 Å². The summed E-state index contributed by atoms with van der Waals surface area (Å²) in [6.07, 6.45) is 2.96. The number of aliphatic hydroxyl groups excluding tert-OH is 1. The Morgan fingerprint density at radius 1 is 1.30 bits per heavy atom. The van der Waals surface area contributed by atoms with Crippen molar-refractivity contribution >= 4 is 35.8 Å². The van der Waals surface area contributed by atoms with Gasteiger partial charge < -0.3 is 26.2 Å². The maximum atomic E-state index is 10.8. The number of nitrogens with two attached hydrogens (primary N) is 1. The maximum Gasteiger partial charge on any atom is 0.255 e. The first-order valence-electron chi connectivity index (χ1n) is 9.22. The molecular weight excluding hydrogens is 459 g/mol. The molecule has 0 bridgehead atoms. The summed E-state index contributed by atoms with van der Waals surface area (Å²) < 4.78 is 5.32. The minimum atomic E-state index is -0.503. The molecular formula is C19H33IN4O3. The molecule has 1 unspecified atom stereocenters. The van der Waals surface area contributed by atoms with E-state index in [1.165, 1.54) is 0 Å². The normalized spacial score (nSPS) is 12.0. The lowest BCUT2D eigenvalue weighted by molar-refractivity contribution is -0.119. The summed E-state index contributed by atoms with van der Waals surface area (Å²) in [7, 11) is 0. The van der Waals surface area contributed by atoms with Crippen LogP contribution in [0.15, 0.2) is 29.3 Å². The van der Waals surface area contributed by atoms with Crippen LogP contribution in [0.2, 0.25) is 0 Å². The van der Waals surface area contributed by atoms with Gasteiger partial charge in [-0.25, -0.2) is 4.99 Å². The average molecular weight is 492 g/mol. The van der Waals surface area contributed by atoms with Crippen molar-refractivity contribution < 1.29 is 14.6 Å². The van der Waals surface area contributed by atoms with Crippen LogP contribution in [0, 0.1) is 5.92 Å². The fourth-order valence-electron chi connectivity index (χ4n) is 2.58. The minimum Gasteiger partial charge on any atom is -0.484 e. The van der Waals surface area contributed by atoms with Crippen LogP contribution in [-0.2, 0) is 11.3 Å². The monoisotopic (exact) mass is 492 g/mol. The quantitative estimate of drug-likeness (QED) is 0.203. The minimum absolute atomic E-state index is 0. The Bertz CT molecular complexity index is 564. The topological polar surface area (TPSA) is 109 Å². The smallest absolute Gasteiger partial charge is 0.255 e. The van der Waals surface area contributed by atoms with Gasteiger partial charge in [0.05, 0.1) is 6.54 Å². The fourth-order valence-corrected chi connectivity index (χ4v) is 2.58. The summed E-state index contributed by atoms with van der Waals surface area (Å²) in [5.41, 5.74) is 6.07. The Balaban J connectivity index is 0.00000676. The third kappa shape index (κ3) is 11.7. The molecule has 0 aliphatic heterocycles. The first-order chi connectivity index (χ1) is 12.6. The highest BCUT2D eigenvalue weighted by Crippen LogP contribution is 2.14. The van der Waals surface area contributed by atoms with Crippen LogP contribution in [0.5, 0.6) is 5.75 Å². The third-order valence-electron chi connectivity index (χ3n) is 3.84. The second-order valence-electron chi connectivity index (χ2n) is 6.15. The summed E-state index contributed by atoms with van der Waals surface area (Å²) in [4.78, 5) is 15.4. The molecule has 154 valence electrons. The van der Waals surface area contributed by atoms with E-state index in [2.05, 4.69) is 22.5 Å². The van der Waals surface area contributed by atoms with Gasteiger partial charge in [-0.3, -0.25) is 4.79 Å². The lowest BCUT2D eigenvalue weighted by Gasteiger charge is -2.18. The molecule has 0 radical (unpaired) electrons. The van der Waals surface area contributed by atoms with Crippen molar-refractivity contribution in [2.24, 2.45) is 16.6 Å². The van der Waals surface area contributed by atoms with Gasteiger partial charge in [0.2, 0.25) is 0 Å². The van der Waals surface area contributed by atoms with Crippen molar-refractivity contribution in [1.82, 2.24) is 10.6 Å². The number of ether oxygens (including phenoxy) is 1. The number of hydrogen-bond acceptors (Lipinski definition) is 4. The van der Waals surface area contributed by atoms with Gasteiger partial charge in [0, 0.05) is 19.7 Å². The number of nitrogens with zero attached hydrogens (tertiary/aromatic N) is 1. The van der Waals surface area contributed by atoms with Gasteiger partial charge in [-0.15, -0.1) is 24.0 Å². The summed E-state index contributed by atoms with van der Waals surface area (Å²) in [5.74, 6) is 1.27. The molecule has 0 heterocycles. The van der Waals surface area contributed by atoms with E-state index >= 15 is 0 Å². The predicted molar refractivity (Wildman–Crippen MR) is 119 cm³/mol. The fraction of sp³-hybridized carbons (Fsp3) is 0.579. The van der Waals surface area contributed by atoms with E-state index in [0.29, 0.717) is 18.2 Å². The molecule has 1 aromatic rings. The zero-order valence-electron chi connectivity index (χ0n) is 16.2. The molecule has 5 N–H and O–H groups in total. The zero-order chi connectivity index (χ0) is 19.2. The van der Waals surface area contributed by atoms with Crippen molar-refractivity contribution in [1.29, 1.82) is 0 Å². The first-order valence-corrected chi connectivity index (χ1v) is 9.22. The van der Waals surface area contributed by atoms with Crippen molar-refractivity contribution in [3.8, 4) is 5.75 Å². The Kier molecular flexibility index (Phi) is 14.6. The highest BCUT2D eigenvalue weighted by Gasteiger charge is 2.08. The standard InChI is InChI=1S/C19H32N4O3.HI/c1-3-6-15(9-10-24)12-22-19(21-4-2)23-13-16-7-5-8-17(11-16)26-14-18(20)25;/h5,7-8,11,15,24H,3-4,6,9-10,12-14H2,1-2H3,(H2,20,25)(H2,21,22,23);1H. The molecule has 0 spiro atoms.